The maximum absolute atomic E-state index is 10.8. The Balaban J connectivity index is 2.22. The summed E-state index contributed by atoms with van der Waals surface area (Å²) in [4.78, 5) is 15.0. The van der Waals surface area contributed by atoms with E-state index in [1.807, 2.05) is 19.9 Å². The van der Waals surface area contributed by atoms with Crippen LogP contribution in [0.1, 0.15) is 25.3 Å². The molecule has 0 aliphatic rings. The second kappa shape index (κ2) is 6.23. The molecule has 2 aromatic heterocycles. The lowest BCUT2D eigenvalue weighted by molar-refractivity contribution is -0.138. The van der Waals surface area contributed by atoms with Gasteiger partial charge < -0.3 is 5.11 Å². The van der Waals surface area contributed by atoms with Crippen molar-refractivity contribution in [2.45, 2.75) is 33.2 Å². The molecule has 2 heterocycles. The smallest absolute Gasteiger partial charge is 0.303 e. The second-order valence-electron chi connectivity index (χ2n) is 4.81. The number of aryl methyl sites for hydroxylation is 1. The average molecular weight is 275 g/mol. The maximum atomic E-state index is 10.8. The number of aromatic nitrogens is 5. The lowest BCUT2D eigenvalue weighted by Crippen LogP contribution is -2.16. The topological polar surface area (TPSA) is 93.8 Å². The van der Waals surface area contributed by atoms with E-state index in [1.54, 1.807) is 17.1 Å². The minimum Gasteiger partial charge on any atom is -0.481 e. The zero-order valence-corrected chi connectivity index (χ0v) is 11.5. The van der Waals surface area contributed by atoms with Gasteiger partial charge in [-0.2, -0.15) is 0 Å². The molecule has 106 valence electrons. The summed E-state index contributed by atoms with van der Waals surface area (Å²) in [6, 6.07) is 1.95. The summed E-state index contributed by atoms with van der Waals surface area (Å²) in [5.74, 6) is -0.179. The summed E-state index contributed by atoms with van der Waals surface area (Å²) in [6.45, 7) is 4.40. The summed E-state index contributed by atoms with van der Waals surface area (Å²) in [6.07, 6.45) is 4.34. The van der Waals surface area contributed by atoms with Crippen molar-refractivity contribution in [1.29, 1.82) is 0 Å². The van der Waals surface area contributed by atoms with Gasteiger partial charge in [0.25, 0.3) is 0 Å². The molecule has 2 aromatic rings. The van der Waals surface area contributed by atoms with Gasteiger partial charge in [-0.05, 0) is 34.9 Å². The van der Waals surface area contributed by atoms with Gasteiger partial charge in [0.2, 0.25) is 0 Å². The number of tetrazole rings is 1. The highest BCUT2D eigenvalue weighted by Crippen LogP contribution is 2.18. The predicted molar refractivity (Wildman–Crippen MR) is 71.8 cm³/mol. The lowest BCUT2D eigenvalue weighted by Gasteiger charge is -2.13. The molecular weight excluding hydrogens is 258 g/mol. The molecule has 1 unspecified atom stereocenters. The van der Waals surface area contributed by atoms with E-state index in [4.69, 9.17) is 5.11 Å². The fourth-order valence-electron chi connectivity index (χ4n) is 2.04. The Hall–Kier alpha value is -2.31. The van der Waals surface area contributed by atoms with Crippen LogP contribution in [-0.4, -0.2) is 36.3 Å². The van der Waals surface area contributed by atoms with Crippen LogP contribution in [0.4, 0.5) is 0 Å². The van der Waals surface area contributed by atoms with Gasteiger partial charge in [0.05, 0.1) is 0 Å². The minimum absolute atomic E-state index is 0.00696. The normalized spacial score (nSPS) is 12.3. The number of hydrogen-bond donors (Lipinski definition) is 1. The molecule has 20 heavy (non-hydrogen) atoms. The van der Waals surface area contributed by atoms with Crippen LogP contribution in [0.15, 0.2) is 18.5 Å². The molecule has 1 atom stereocenters. The quantitative estimate of drug-likeness (QED) is 0.859. The number of nitrogens with zero attached hydrogens (tertiary/aromatic N) is 5. The third kappa shape index (κ3) is 3.37. The van der Waals surface area contributed by atoms with E-state index >= 15 is 0 Å². The Morgan fingerprint density at radius 2 is 2.25 bits per heavy atom. The third-order valence-electron chi connectivity index (χ3n) is 3.14. The summed E-state index contributed by atoms with van der Waals surface area (Å²) in [5, 5.41) is 20.5. The highest BCUT2D eigenvalue weighted by molar-refractivity contribution is 5.67. The minimum atomic E-state index is -0.802. The summed E-state index contributed by atoms with van der Waals surface area (Å²) < 4.78 is 1.65. The number of carboxylic acid groups (broad SMARTS) is 1. The Morgan fingerprint density at radius 1 is 1.45 bits per heavy atom. The second-order valence-corrected chi connectivity index (χ2v) is 4.81. The van der Waals surface area contributed by atoms with Crippen molar-refractivity contribution in [3.8, 4) is 11.4 Å². The van der Waals surface area contributed by atoms with Crippen LogP contribution in [0, 0.1) is 12.8 Å². The number of hydrogen-bond acceptors (Lipinski definition) is 5. The molecule has 0 aliphatic heterocycles. The average Bonchev–Trinajstić information content (AvgIpc) is 2.85. The number of pyridine rings is 1. The van der Waals surface area contributed by atoms with Gasteiger partial charge in [0.15, 0.2) is 5.82 Å². The van der Waals surface area contributed by atoms with E-state index in [9.17, 15) is 4.79 Å². The van der Waals surface area contributed by atoms with E-state index in [1.165, 1.54) is 0 Å². The maximum Gasteiger partial charge on any atom is 0.303 e. The largest absolute Gasteiger partial charge is 0.481 e. The van der Waals surface area contributed by atoms with Crippen molar-refractivity contribution in [1.82, 2.24) is 25.2 Å². The number of rotatable bonds is 6. The van der Waals surface area contributed by atoms with Gasteiger partial charge in [0, 0.05) is 30.9 Å². The van der Waals surface area contributed by atoms with E-state index < -0.39 is 5.97 Å². The van der Waals surface area contributed by atoms with Gasteiger partial charge >= 0.3 is 5.97 Å². The Morgan fingerprint density at radius 3 is 2.90 bits per heavy atom. The van der Waals surface area contributed by atoms with Crippen molar-refractivity contribution in [3.05, 3.63) is 24.0 Å². The molecule has 0 fully saturated rings. The third-order valence-corrected chi connectivity index (χ3v) is 3.14. The summed E-state index contributed by atoms with van der Waals surface area (Å²) in [5.41, 5.74) is 1.86. The van der Waals surface area contributed by atoms with Crippen LogP contribution >= 0.6 is 0 Å². The molecule has 7 nitrogen and oxygen atoms in total. The fraction of sp³-hybridized carbons (Fsp3) is 0.462. The molecule has 0 aromatic carbocycles. The molecule has 0 amide bonds. The highest BCUT2D eigenvalue weighted by Gasteiger charge is 2.16. The first kappa shape index (κ1) is 14.1. The Bertz CT molecular complexity index is 596. The van der Waals surface area contributed by atoms with E-state index in [0.717, 1.165) is 17.5 Å². The van der Waals surface area contributed by atoms with E-state index in [0.29, 0.717) is 12.4 Å². The first-order chi connectivity index (χ1) is 9.60. The molecule has 0 spiro atoms. The van der Waals surface area contributed by atoms with Crippen LogP contribution < -0.4 is 0 Å². The number of carboxylic acids is 1. The molecule has 0 radical (unpaired) electrons. The summed E-state index contributed by atoms with van der Waals surface area (Å²) in [7, 11) is 0. The van der Waals surface area contributed by atoms with E-state index in [2.05, 4.69) is 20.5 Å². The molecule has 1 N–H and O–H groups in total. The molecule has 7 heteroatoms. The highest BCUT2D eigenvalue weighted by atomic mass is 16.4. The van der Waals surface area contributed by atoms with Crippen molar-refractivity contribution in [3.63, 3.8) is 0 Å². The fourth-order valence-corrected chi connectivity index (χ4v) is 2.04. The standard InChI is InChI=1S/C13H17N5O2/c1-3-10(5-12(19)20)8-18-13(15-16-17-18)11-4-9(2)6-14-7-11/h4,6-7,10H,3,5,8H2,1-2H3,(H,19,20). The van der Waals surface area contributed by atoms with Gasteiger partial charge in [-0.1, -0.05) is 13.3 Å². The molecular formula is C13H17N5O2. The summed E-state index contributed by atoms with van der Waals surface area (Å²) >= 11 is 0. The molecule has 0 saturated carbocycles. The van der Waals surface area contributed by atoms with Crippen molar-refractivity contribution in [2.24, 2.45) is 5.92 Å². The number of aliphatic carboxylic acids is 1. The van der Waals surface area contributed by atoms with Gasteiger partial charge in [0.1, 0.15) is 0 Å². The molecule has 0 bridgehead atoms. The monoisotopic (exact) mass is 275 g/mol. The van der Waals surface area contributed by atoms with Gasteiger partial charge in [-0.3, -0.25) is 9.78 Å². The first-order valence-electron chi connectivity index (χ1n) is 6.50. The first-order valence-corrected chi connectivity index (χ1v) is 6.50. The van der Waals surface area contributed by atoms with Crippen LogP contribution in [0.25, 0.3) is 11.4 Å². The zero-order chi connectivity index (χ0) is 14.5. The molecule has 0 saturated heterocycles. The lowest BCUT2D eigenvalue weighted by atomic mass is 10.0. The molecule has 2 rings (SSSR count). The van der Waals surface area contributed by atoms with Crippen molar-refractivity contribution >= 4 is 5.97 Å². The SMILES string of the molecule is CCC(CC(=O)O)Cn1nnnc1-c1cncc(C)c1. The molecule has 0 aliphatic carbocycles. The zero-order valence-electron chi connectivity index (χ0n) is 11.5. The van der Waals surface area contributed by atoms with Gasteiger partial charge in [-0.25, -0.2) is 4.68 Å². The van der Waals surface area contributed by atoms with Crippen LogP contribution in [0.3, 0.4) is 0 Å². The Labute approximate surface area is 116 Å². The van der Waals surface area contributed by atoms with E-state index in [-0.39, 0.29) is 12.3 Å². The van der Waals surface area contributed by atoms with Crippen molar-refractivity contribution < 1.29 is 9.90 Å². The van der Waals surface area contributed by atoms with Crippen molar-refractivity contribution in [2.75, 3.05) is 0 Å². The Kier molecular flexibility index (Phi) is 4.39. The number of carbonyl (C=O) groups is 1. The van der Waals surface area contributed by atoms with Crippen LogP contribution in [0.5, 0.6) is 0 Å². The predicted octanol–water partition coefficient (Wildman–Crippen LogP) is 1.54. The van der Waals surface area contributed by atoms with Gasteiger partial charge in [-0.15, -0.1) is 5.10 Å². The van der Waals surface area contributed by atoms with Crippen LogP contribution in [0.2, 0.25) is 0 Å². The van der Waals surface area contributed by atoms with Crippen LogP contribution in [-0.2, 0) is 11.3 Å².